The number of amides is 1. The van der Waals surface area contributed by atoms with Crippen LogP contribution in [0.5, 0.6) is 0 Å². The number of halogens is 1. The topological polar surface area (TPSA) is 51.2 Å². The first kappa shape index (κ1) is 13.9. The maximum absolute atomic E-state index is 12.9. The van der Waals surface area contributed by atoms with Crippen molar-refractivity contribution in [3.63, 3.8) is 0 Å². The largest absolute Gasteiger partial charge is 0.378 e. The molecule has 0 spiro atoms. The van der Waals surface area contributed by atoms with E-state index in [1.54, 1.807) is 0 Å². The van der Waals surface area contributed by atoms with Crippen LogP contribution in [0.25, 0.3) is 0 Å². The van der Waals surface area contributed by atoms with Gasteiger partial charge in [0.05, 0.1) is 17.9 Å². The third-order valence-corrected chi connectivity index (χ3v) is 3.23. The average Bonchev–Trinajstić information content (AvgIpc) is 2.91. The van der Waals surface area contributed by atoms with Crippen molar-refractivity contribution in [1.29, 1.82) is 0 Å². The fraction of sp³-hybridized carbons (Fsp3) is 0.571. The Morgan fingerprint density at radius 2 is 2.37 bits per heavy atom. The molecule has 2 rings (SSSR count). The van der Waals surface area contributed by atoms with Crippen LogP contribution in [-0.2, 0) is 4.74 Å². The number of carbonyl (C=O) groups excluding carboxylic acids is 1. The molecular formula is C14H19FN2O2. The molecule has 1 aromatic heterocycles. The Labute approximate surface area is 112 Å². The minimum absolute atomic E-state index is 0.263. The Hall–Kier alpha value is -1.49. The molecule has 1 fully saturated rings. The first-order valence-corrected chi connectivity index (χ1v) is 6.76. The molecule has 1 amide bonds. The summed E-state index contributed by atoms with van der Waals surface area (Å²) in [7, 11) is 0. The first-order chi connectivity index (χ1) is 9.25. The second-order valence-electron chi connectivity index (χ2n) is 4.78. The van der Waals surface area contributed by atoms with Crippen LogP contribution in [0, 0.1) is 5.82 Å². The maximum Gasteiger partial charge on any atom is 0.252 e. The highest BCUT2D eigenvalue weighted by atomic mass is 19.1. The highest BCUT2D eigenvalue weighted by Gasteiger charge is 2.14. The van der Waals surface area contributed by atoms with Crippen LogP contribution >= 0.6 is 0 Å². The fourth-order valence-corrected chi connectivity index (χ4v) is 2.21. The molecule has 0 aromatic carbocycles. The van der Waals surface area contributed by atoms with Crippen LogP contribution in [0.1, 0.15) is 42.5 Å². The number of nitrogens with zero attached hydrogens (tertiary/aromatic N) is 1. The number of aromatic nitrogens is 1. The Kier molecular flexibility index (Phi) is 5.27. The Morgan fingerprint density at radius 3 is 3.11 bits per heavy atom. The maximum atomic E-state index is 12.9. The van der Waals surface area contributed by atoms with Crippen LogP contribution in [0.2, 0.25) is 0 Å². The van der Waals surface area contributed by atoms with Gasteiger partial charge in [-0.25, -0.2) is 4.39 Å². The van der Waals surface area contributed by atoms with E-state index in [1.165, 1.54) is 12.3 Å². The van der Waals surface area contributed by atoms with Crippen LogP contribution in [0.3, 0.4) is 0 Å². The number of ether oxygens (including phenoxy) is 1. The molecule has 0 aliphatic carbocycles. The molecule has 1 aliphatic heterocycles. The normalized spacial score (nSPS) is 18.5. The highest BCUT2D eigenvalue weighted by Crippen LogP contribution is 2.17. The minimum Gasteiger partial charge on any atom is -0.378 e. The third-order valence-electron chi connectivity index (χ3n) is 3.23. The van der Waals surface area contributed by atoms with E-state index in [1.807, 2.05) is 0 Å². The van der Waals surface area contributed by atoms with E-state index in [-0.39, 0.29) is 11.5 Å². The van der Waals surface area contributed by atoms with E-state index in [4.69, 9.17) is 4.74 Å². The summed E-state index contributed by atoms with van der Waals surface area (Å²) in [4.78, 5) is 15.3. The minimum atomic E-state index is -0.494. The van der Waals surface area contributed by atoms with Crippen molar-refractivity contribution in [2.75, 3.05) is 13.2 Å². The van der Waals surface area contributed by atoms with Crippen molar-refractivity contribution in [2.45, 2.75) is 38.2 Å². The van der Waals surface area contributed by atoms with Gasteiger partial charge >= 0.3 is 0 Å². The molecule has 4 nitrogen and oxygen atoms in total. The monoisotopic (exact) mass is 266 g/mol. The summed E-state index contributed by atoms with van der Waals surface area (Å²) in [6.07, 6.45) is 8.17. The van der Waals surface area contributed by atoms with Crippen molar-refractivity contribution in [1.82, 2.24) is 10.3 Å². The van der Waals surface area contributed by atoms with Crippen molar-refractivity contribution in [2.24, 2.45) is 0 Å². The van der Waals surface area contributed by atoms with E-state index >= 15 is 0 Å². The molecule has 1 atom stereocenters. The van der Waals surface area contributed by atoms with Gasteiger partial charge in [0.2, 0.25) is 0 Å². The number of nitrogens with one attached hydrogen (secondary N) is 1. The number of pyridine rings is 1. The smallest absolute Gasteiger partial charge is 0.252 e. The van der Waals surface area contributed by atoms with Crippen LogP contribution in [-0.4, -0.2) is 30.1 Å². The predicted molar refractivity (Wildman–Crippen MR) is 69.4 cm³/mol. The molecule has 19 heavy (non-hydrogen) atoms. The van der Waals surface area contributed by atoms with Gasteiger partial charge < -0.3 is 10.1 Å². The van der Waals surface area contributed by atoms with Crippen molar-refractivity contribution < 1.29 is 13.9 Å². The van der Waals surface area contributed by atoms with Crippen LogP contribution in [0.15, 0.2) is 18.5 Å². The van der Waals surface area contributed by atoms with Gasteiger partial charge in [0.15, 0.2) is 0 Å². The summed E-state index contributed by atoms with van der Waals surface area (Å²) >= 11 is 0. The van der Waals surface area contributed by atoms with Crippen molar-refractivity contribution in [3.05, 3.63) is 29.8 Å². The summed E-state index contributed by atoms with van der Waals surface area (Å²) in [6, 6.07) is 1.19. The molecule has 104 valence electrons. The zero-order valence-electron chi connectivity index (χ0n) is 10.9. The first-order valence-electron chi connectivity index (χ1n) is 6.76. The van der Waals surface area contributed by atoms with Crippen LogP contribution in [0.4, 0.5) is 4.39 Å². The van der Waals surface area contributed by atoms with E-state index < -0.39 is 5.82 Å². The van der Waals surface area contributed by atoms with E-state index in [0.717, 1.165) is 44.9 Å². The molecule has 1 aliphatic rings. The van der Waals surface area contributed by atoms with Crippen LogP contribution < -0.4 is 5.32 Å². The van der Waals surface area contributed by atoms with Gasteiger partial charge in [0, 0.05) is 19.3 Å². The van der Waals surface area contributed by atoms with Crippen molar-refractivity contribution >= 4 is 5.91 Å². The van der Waals surface area contributed by atoms with Gasteiger partial charge in [-0.1, -0.05) is 0 Å². The van der Waals surface area contributed by atoms with Gasteiger partial charge in [0.25, 0.3) is 5.91 Å². The number of unbranched alkanes of at least 4 members (excludes halogenated alkanes) is 1. The van der Waals surface area contributed by atoms with Gasteiger partial charge in [-0.05, 0) is 38.2 Å². The second kappa shape index (κ2) is 7.19. The van der Waals surface area contributed by atoms with Gasteiger partial charge in [-0.2, -0.15) is 0 Å². The SMILES string of the molecule is O=C(NCCCC[C@@H]1CCCO1)c1cncc(F)c1. The summed E-state index contributed by atoms with van der Waals surface area (Å²) in [6.45, 7) is 1.48. The summed E-state index contributed by atoms with van der Waals surface area (Å²) in [5.41, 5.74) is 0.263. The summed E-state index contributed by atoms with van der Waals surface area (Å²) < 4.78 is 18.4. The second-order valence-corrected chi connectivity index (χ2v) is 4.78. The molecule has 1 N–H and O–H groups in total. The fourth-order valence-electron chi connectivity index (χ4n) is 2.21. The van der Waals surface area contributed by atoms with E-state index in [2.05, 4.69) is 10.3 Å². The lowest BCUT2D eigenvalue weighted by Crippen LogP contribution is -2.24. The van der Waals surface area contributed by atoms with Crippen molar-refractivity contribution in [3.8, 4) is 0 Å². The number of rotatable bonds is 6. The Morgan fingerprint density at radius 1 is 1.47 bits per heavy atom. The Balaban J connectivity index is 1.61. The van der Waals surface area contributed by atoms with Gasteiger partial charge in [-0.3, -0.25) is 9.78 Å². The standard InChI is InChI=1S/C14H19FN2O2/c15-12-8-11(9-16-10-12)14(18)17-6-2-1-4-13-5-3-7-19-13/h8-10,13H,1-7H2,(H,17,18)/t13-/m1/s1. The lowest BCUT2D eigenvalue weighted by atomic mass is 10.1. The quantitative estimate of drug-likeness (QED) is 0.804. The van der Waals surface area contributed by atoms with E-state index in [9.17, 15) is 9.18 Å². The number of hydrogen-bond acceptors (Lipinski definition) is 3. The zero-order valence-corrected chi connectivity index (χ0v) is 10.9. The third kappa shape index (κ3) is 4.59. The van der Waals surface area contributed by atoms with Gasteiger partial charge in [-0.15, -0.1) is 0 Å². The molecule has 0 bridgehead atoms. The predicted octanol–water partition coefficient (Wildman–Crippen LogP) is 2.30. The van der Waals surface area contributed by atoms with Gasteiger partial charge in [0.1, 0.15) is 5.82 Å². The Bertz CT molecular complexity index is 420. The summed E-state index contributed by atoms with van der Waals surface area (Å²) in [5, 5.41) is 2.77. The molecule has 2 heterocycles. The number of carbonyl (C=O) groups is 1. The number of hydrogen-bond donors (Lipinski definition) is 1. The lowest BCUT2D eigenvalue weighted by Gasteiger charge is -2.09. The molecule has 1 aromatic rings. The molecule has 0 unspecified atom stereocenters. The average molecular weight is 266 g/mol. The van der Waals surface area contributed by atoms with E-state index in [0.29, 0.717) is 12.6 Å². The molecule has 0 radical (unpaired) electrons. The molecule has 5 heteroatoms. The zero-order chi connectivity index (χ0) is 13.5. The summed E-state index contributed by atoms with van der Waals surface area (Å²) in [5.74, 6) is -0.768. The highest BCUT2D eigenvalue weighted by molar-refractivity contribution is 5.93. The lowest BCUT2D eigenvalue weighted by molar-refractivity contribution is 0.0946. The molecule has 1 saturated heterocycles. The molecule has 0 saturated carbocycles. The molecular weight excluding hydrogens is 247 g/mol.